The molecule has 0 spiro atoms. The van der Waals surface area contributed by atoms with Crippen LogP contribution in [0.15, 0.2) is 54.6 Å². The monoisotopic (exact) mass is 1010 g/mol. The third kappa shape index (κ3) is 14.3. The van der Waals surface area contributed by atoms with Crippen molar-refractivity contribution in [2.45, 2.75) is 82.8 Å². The minimum atomic E-state index is -4.54. The lowest BCUT2D eigenvalue weighted by Gasteiger charge is -2.33. The summed E-state index contributed by atoms with van der Waals surface area (Å²) in [6.45, 7) is 2.64. The summed E-state index contributed by atoms with van der Waals surface area (Å²) < 4.78 is 38.3. The molecule has 0 saturated heterocycles. The van der Waals surface area contributed by atoms with Gasteiger partial charge in [0.25, 0.3) is 16.1 Å². The summed E-state index contributed by atoms with van der Waals surface area (Å²) in [4.78, 5) is 79.4. The van der Waals surface area contributed by atoms with Crippen molar-refractivity contribution in [1.82, 2.24) is 35.5 Å². The highest BCUT2D eigenvalue weighted by Crippen LogP contribution is 2.45. The van der Waals surface area contributed by atoms with Gasteiger partial charge in [0.05, 0.1) is 5.69 Å². The Bertz CT molecular complexity index is 2690. The number of aromatic hydroxyl groups is 1. The number of nitrogens with two attached hydrogens (primary N) is 4. The van der Waals surface area contributed by atoms with E-state index in [4.69, 9.17) is 31.8 Å². The molecule has 384 valence electrons. The number of phenols is 1. The minimum absolute atomic E-state index is 0.00689. The van der Waals surface area contributed by atoms with Crippen molar-refractivity contribution in [1.29, 1.82) is 0 Å². The number of benzene rings is 3. The van der Waals surface area contributed by atoms with E-state index in [-0.39, 0.29) is 77.2 Å². The molecule has 1 aliphatic rings. The average molecular weight is 1010 g/mol. The molecule has 24 nitrogen and oxygen atoms in total. The van der Waals surface area contributed by atoms with Gasteiger partial charge in [-0.2, -0.15) is 13.1 Å². The molecule has 25 heteroatoms. The van der Waals surface area contributed by atoms with Crippen molar-refractivity contribution in [2.24, 2.45) is 16.6 Å². The Morgan fingerprint density at radius 1 is 0.930 bits per heavy atom. The Morgan fingerprint density at radius 2 is 1.58 bits per heavy atom. The zero-order valence-electron chi connectivity index (χ0n) is 39.5. The van der Waals surface area contributed by atoms with Crippen molar-refractivity contribution in [3.63, 3.8) is 0 Å². The van der Waals surface area contributed by atoms with Crippen LogP contribution < -0.4 is 52.5 Å². The summed E-state index contributed by atoms with van der Waals surface area (Å²) in [5, 5.41) is 55.3. The van der Waals surface area contributed by atoms with E-state index in [0.29, 0.717) is 11.1 Å². The predicted molar refractivity (Wildman–Crippen MR) is 259 cm³/mol. The van der Waals surface area contributed by atoms with Crippen LogP contribution in [0.25, 0.3) is 22.5 Å². The molecule has 5 rings (SSSR count). The van der Waals surface area contributed by atoms with Crippen LogP contribution in [0.2, 0.25) is 0 Å². The van der Waals surface area contributed by atoms with Gasteiger partial charge in [0.15, 0.2) is 17.3 Å². The molecule has 3 unspecified atom stereocenters. The normalized spacial score (nSPS) is 17.4. The maximum absolute atomic E-state index is 14.9. The molecule has 6 atom stereocenters. The van der Waals surface area contributed by atoms with E-state index in [2.05, 4.69) is 32.8 Å². The largest absolute Gasteiger partial charge is 0.504 e. The number of rotatable bonds is 20. The fraction of sp³-hybridized carbons (Fsp3) is 0.413. The second kappa shape index (κ2) is 24.2. The molecule has 1 aliphatic heterocycles. The number of hydrogen-bond donors (Lipinski definition) is 12. The molecule has 4 aromatic rings. The second-order valence-corrected chi connectivity index (χ2v) is 18.3. The topological polar surface area (TPSA) is 400 Å². The molecule has 1 aromatic heterocycles. The zero-order chi connectivity index (χ0) is 52.3. The van der Waals surface area contributed by atoms with Crippen LogP contribution in [-0.4, -0.2) is 144 Å². The summed E-state index contributed by atoms with van der Waals surface area (Å²) in [6, 6.07) is 7.52. The van der Waals surface area contributed by atoms with Crippen molar-refractivity contribution in [3.05, 3.63) is 82.5 Å². The van der Waals surface area contributed by atoms with E-state index in [1.54, 1.807) is 0 Å². The van der Waals surface area contributed by atoms with Crippen molar-refractivity contribution >= 4 is 45.6 Å². The third-order valence-electron chi connectivity index (χ3n) is 11.4. The average Bonchev–Trinajstić information content (AvgIpc) is 3.32. The molecule has 0 saturated carbocycles. The molecule has 0 radical (unpaired) electrons. The Balaban J connectivity index is 1.66. The van der Waals surface area contributed by atoms with Crippen LogP contribution in [-0.2, 0) is 42.2 Å². The number of unbranched alkanes of at least 4 members (excludes halogenated alkanes) is 1. The molecule has 4 amide bonds. The Labute approximate surface area is 409 Å². The lowest BCUT2D eigenvalue weighted by atomic mass is 9.93. The van der Waals surface area contributed by atoms with Crippen molar-refractivity contribution in [2.75, 3.05) is 45.6 Å². The number of nitrogen functional groups attached to an aromatic ring is 1. The van der Waals surface area contributed by atoms with Crippen LogP contribution >= 0.6 is 0 Å². The number of aliphatic hydroxyl groups is 2. The number of nitrogens with zero attached hydrogens (tertiary/aromatic N) is 3. The highest BCUT2D eigenvalue weighted by atomic mass is 32.2. The summed E-state index contributed by atoms with van der Waals surface area (Å²) >= 11 is 0. The minimum Gasteiger partial charge on any atom is -0.504 e. The van der Waals surface area contributed by atoms with Gasteiger partial charge >= 0.3 is 5.97 Å². The van der Waals surface area contributed by atoms with E-state index in [9.17, 15) is 52.8 Å². The van der Waals surface area contributed by atoms with Crippen LogP contribution in [0.5, 0.6) is 17.2 Å². The molecule has 2 heterocycles. The molecule has 0 fully saturated rings. The van der Waals surface area contributed by atoms with E-state index >= 15 is 0 Å². The number of anilines is 1. The van der Waals surface area contributed by atoms with Gasteiger partial charge < -0.3 is 68.0 Å². The number of nitrogens with one attached hydrogen (secondary N) is 4. The number of aromatic nitrogens is 2. The number of fused-ring (bicyclic) bond motifs is 5. The van der Waals surface area contributed by atoms with Crippen LogP contribution in [0.3, 0.4) is 0 Å². The van der Waals surface area contributed by atoms with Gasteiger partial charge in [-0.25, -0.2) is 19.9 Å². The molecular formula is C46H61N11O13S. The van der Waals surface area contributed by atoms with Gasteiger partial charge in [0.2, 0.25) is 17.7 Å². The SMILES string of the molecule is CCCCc1ccc(-c2nc(C)c(C(=O)NC(CNS(N)(=O)=O)C(=O)N(C)[C@@H]3C(=O)N[C@@H](C)C(=O)N[C@H](C(=O)O)Cc4ccc(OCC(O)CN)c(c4)-c4cc3cc(OCC(O)CN)c4O)c(N)n2)cc1. The summed E-state index contributed by atoms with van der Waals surface area (Å²) in [6.07, 6.45) is 0.188. The number of carboxylic acid groups (broad SMARTS) is 1. The zero-order valence-corrected chi connectivity index (χ0v) is 40.4. The quantitative estimate of drug-likeness (QED) is 0.0498. The first-order valence-corrected chi connectivity index (χ1v) is 24.0. The number of ether oxygens (including phenoxy) is 2. The van der Waals surface area contributed by atoms with Crippen LogP contribution in [0.1, 0.15) is 65.5 Å². The van der Waals surface area contributed by atoms with Gasteiger partial charge in [0.1, 0.15) is 66.7 Å². The van der Waals surface area contributed by atoms with E-state index < -0.39 is 95.1 Å². The standard InChI is InChI=1S/C46H61N11O13S/c1-5-6-7-25-8-11-27(12-9-25)41-52-23(2)37(40(49)56-41)43(62)55-34(20-51-71(50,67)68)45(64)57(4)38-28-16-32(39(60)36(17-28)70-22-30(59)19-48)31-14-26(10-13-35(31)69-21-29(58)18-47)15-33(46(65)66)54-42(61)24(3)53-44(38)63/h8-14,16-17,24,29-30,33-34,38,51,58-60H,5-7,15,18-22,47-48H2,1-4H3,(H,53,63)(H,54,61)(H,55,62)(H,65,66)(H2,49,52,56)(H2,50,67,68)/t24-,29?,30?,33-,34?,38-/m0/s1. The number of aliphatic carboxylic acids is 1. The number of phenolic OH excluding ortho intramolecular Hbond substituents is 1. The van der Waals surface area contributed by atoms with Crippen LogP contribution in [0, 0.1) is 6.92 Å². The number of aryl methyl sites for hydroxylation is 2. The molecule has 71 heavy (non-hydrogen) atoms. The molecule has 16 N–H and O–H groups in total. The number of carbonyl (C=O) groups excluding carboxylic acids is 4. The summed E-state index contributed by atoms with van der Waals surface area (Å²) in [7, 11) is -3.42. The number of hydrogen-bond acceptors (Lipinski definition) is 17. The number of carboxylic acids is 1. The van der Waals surface area contributed by atoms with Crippen molar-refractivity contribution in [3.8, 4) is 39.8 Å². The highest BCUT2D eigenvalue weighted by molar-refractivity contribution is 7.87. The fourth-order valence-electron chi connectivity index (χ4n) is 7.50. The van der Waals surface area contributed by atoms with Gasteiger partial charge in [-0.3, -0.25) is 19.2 Å². The second-order valence-electron chi connectivity index (χ2n) is 16.9. The fourth-order valence-corrected chi connectivity index (χ4v) is 7.90. The number of likely N-dealkylation sites (N-methyl/N-ethyl adjacent to an activating group) is 1. The van der Waals surface area contributed by atoms with Gasteiger partial charge in [-0.05, 0) is 67.6 Å². The molecule has 0 aliphatic carbocycles. The first-order chi connectivity index (χ1) is 33.5. The van der Waals surface area contributed by atoms with Gasteiger partial charge in [-0.15, -0.1) is 0 Å². The summed E-state index contributed by atoms with van der Waals surface area (Å²) in [5.74, 6) is -6.65. The molecule has 3 aromatic carbocycles. The third-order valence-corrected chi connectivity index (χ3v) is 12.0. The maximum Gasteiger partial charge on any atom is 0.326 e. The Morgan fingerprint density at radius 3 is 2.17 bits per heavy atom. The van der Waals surface area contributed by atoms with Gasteiger partial charge in [0, 0.05) is 49.8 Å². The molecule has 4 bridgehead atoms. The number of amides is 4. The first kappa shape index (κ1) is 54.9. The van der Waals surface area contributed by atoms with Crippen molar-refractivity contribution < 1.29 is 62.3 Å². The van der Waals surface area contributed by atoms with E-state index in [0.717, 1.165) is 42.8 Å². The lowest BCUT2D eigenvalue weighted by molar-refractivity contribution is -0.143. The lowest BCUT2D eigenvalue weighted by Crippen LogP contribution is -2.57. The summed E-state index contributed by atoms with van der Waals surface area (Å²) in [5.41, 5.74) is 19.2. The highest BCUT2D eigenvalue weighted by Gasteiger charge is 2.38. The smallest absolute Gasteiger partial charge is 0.326 e. The first-order valence-electron chi connectivity index (χ1n) is 22.5. The predicted octanol–water partition coefficient (Wildman–Crippen LogP) is -1.13. The number of carbonyl (C=O) groups is 5. The van der Waals surface area contributed by atoms with E-state index in [1.165, 1.54) is 38.1 Å². The Kier molecular flexibility index (Phi) is 18.7. The van der Waals surface area contributed by atoms with Crippen LogP contribution in [0.4, 0.5) is 5.82 Å². The maximum atomic E-state index is 14.9. The Hall–Kier alpha value is -7.00. The van der Waals surface area contributed by atoms with Gasteiger partial charge in [-0.1, -0.05) is 43.7 Å². The number of aliphatic hydroxyl groups excluding tert-OH is 2. The van der Waals surface area contributed by atoms with E-state index in [1.807, 2.05) is 29.0 Å². The molecular weight excluding hydrogens is 947 g/mol.